The first kappa shape index (κ1) is 13.9. The first-order chi connectivity index (χ1) is 10.0. The molecule has 5 heteroatoms. The van der Waals surface area contributed by atoms with Crippen LogP contribution in [0.15, 0.2) is 23.3 Å². The summed E-state index contributed by atoms with van der Waals surface area (Å²) in [5, 5.41) is 22.7. The lowest BCUT2D eigenvalue weighted by molar-refractivity contribution is -0.123. The van der Waals surface area contributed by atoms with Gasteiger partial charge in [-0.1, -0.05) is 19.8 Å². The normalized spacial score (nSPS) is 30.9. The first-order valence-corrected chi connectivity index (χ1v) is 7.37. The Bertz CT molecular complexity index is 599. The van der Waals surface area contributed by atoms with Crippen molar-refractivity contribution in [3.63, 3.8) is 0 Å². The highest BCUT2D eigenvalue weighted by atomic mass is 16.3. The number of benzene rings is 1. The van der Waals surface area contributed by atoms with Crippen molar-refractivity contribution in [2.75, 3.05) is 0 Å². The Morgan fingerprint density at radius 3 is 2.90 bits per heavy atom. The van der Waals surface area contributed by atoms with Crippen molar-refractivity contribution in [2.24, 2.45) is 22.4 Å². The minimum Gasteiger partial charge on any atom is -0.508 e. The van der Waals surface area contributed by atoms with Crippen molar-refractivity contribution in [1.29, 1.82) is 0 Å². The Labute approximate surface area is 123 Å². The molecule has 2 saturated carbocycles. The highest BCUT2D eigenvalue weighted by Crippen LogP contribution is 2.66. The molecule has 0 radical (unpaired) electrons. The van der Waals surface area contributed by atoms with E-state index in [1.807, 2.05) is 0 Å². The molecule has 112 valence electrons. The van der Waals surface area contributed by atoms with Gasteiger partial charge in [-0.15, -0.1) is 0 Å². The number of nitrogens with zero attached hydrogens (tertiary/aromatic N) is 1. The maximum absolute atomic E-state index is 12.2. The molecule has 2 fully saturated rings. The van der Waals surface area contributed by atoms with Gasteiger partial charge in [0.15, 0.2) is 0 Å². The minimum atomic E-state index is -0.0694. The molecule has 3 atom stereocenters. The van der Waals surface area contributed by atoms with Gasteiger partial charge >= 0.3 is 0 Å². The molecule has 2 aliphatic carbocycles. The van der Waals surface area contributed by atoms with Crippen LogP contribution in [0.1, 0.15) is 38.2 Å². The highest BCUT2D eigenvalue weighted by molar-refractivity contribution is 5.87. The Morgan fingerprint density at radius 1 is 1.43 bits per heavy atom. The zero-order valence-corrected chi connectivity index (χ0v) is 12.0. The minimum absolute atomic E-state index is 0.0105. The van der Waals surface area contributed by atoms with E-state index in [0.717, 1.165) is 12.8 Å². The predicted molar refractivity (Wildman–Crippen MR) is 79.1 cm³/mol. The monoisotopic (exact) mass is 288 g/mol. The van der Waals surface area contributed by atoms with E-state index in [2.05, 4.69) is 17.5 Å². The molecule has 1 aromatic rings. The molecule has 0 spiro atoms. The summed E-state index contributed by atoms with van der Waals surface area (Å²) in [6.45, 7) is 2.19. The average molecular weight is 288 g/mol. The van der Waals surface area contributed by atoms with E-state index < -0.39 is 0 Å². The zero-order chi connectivity index (χ0) is 15.0. The fraction of sp³-hybridized carbons (Fsp3) is 0.500. The van der Waals surface area contributed by atoms with Gasteiger partial charge in [-0.05, 0) is 36.3 Å². The second kappa shape index (κ2) is 5.06. The number of rotatable bonds is 3. The van der Waals surface area contributed by atoms with Gasteiger partial charge in [0.2, 0.25) is 5.91 Å². The van der Waals surface area contributed by atoms with Gasteiger partial charge in [0.1, 0.15) is 11.5 Å². The highest BCUT2D eigenvalue weighted by Gasteiger charge is 2.64. The number of hydrazone groups is 1. The van der Waals surface area contributed by atoms with E-state index >= 15 is 0 Å². The third-order valence-corrected chi connectivity index (χ3v) is 5.01. The molecule has 21 heavy (non-hydrogen) atoms. The molecule has 3 N–H and O–H groups in total. The maximum Gasteiger partial charge on any atom is 0.244 e. The van der Waals surface area contributed by atoms with Crippen LogP contribution in [0.25, 0.3) is 0 Å². The summed E-state index contributed by atoms with van der Waals surface area (Å²) in [6, 6.07) is 4.23. The van der Waals surface area contributed by atoms with Crippen molar-refractivity contribution in [3.05, 3.63) is 23.8 Å². The lowest BCUT2D eigenvalue weighted by Gasteiger charge is -2.15. The van der Waals surface area contributed by atoms with Crippen LogP contribution >= 0.6 is 0 Å². The van der Waals surface area contributed by atoms with Crippen LogP contribution in [0.2, 0.25) is 0 Å². The third-order valence-electron chi connectivity index (χ3n) is 5.01. The van der Waals surface area contributed by atoms with Crippen LogP contribution in [0.5, 0.6) is 11.5 Å². The molecule has 3 unspecified atom stereocenters. The Kier molecular flexibility index (Phi) is 3.35. The number of aromatic hydroxyl groups is 2. The van der Waals surface area contributed by atoms with Gasteiger partial charge < -0.3 is 10.2 Å². The summed E-state index contributed by atoms with van der Waals surface area (Å²) >= 11 is 0. The van der Waals surface area contributed by atoms with Crippen LogP contribution in [0.4, 0.5) is 0 Å². The fourth-order valence-electron chi connectivity index (χ4n) is 3.73. The van der Waals surface area contributed by atoms with Crippen LogP contribution < -0.4 is 5.43 Å². The SMILES string of the molecule is CC12CCCCC1C2C(=O)NN=Cc1ccc(O)cc1O. The number of carbonyl (C=O) groups is 1. The molecule has 0 heterocycles. The number of hydrogen-bond acceptors (Lipinski definition) is 4. The molecule has 5 nitrogen and oxygen atoms in total. The number of carbonyl (C=O) groups excluding carboxylic acids is 1. The molecule has 0 aliphatic heterocycles. The number of fused-ring (bicyclic) bond motifs is 1. The van der Waals surface area contributed by atoms with Crippen LogP contribution in [0.3, 0.4) is 0 Å². The van der Waals surface area contributed by atoms with Gasteiger partial charge in [-0.25, -0.2) is 5.43 Å². The molecule has 3 rings (SSSR count). The Balaban J connectivity index is 1.60. The van der Waals surface area contributed by atoms with Gasteiger partial charge in [-0.3, -0.25) is 4.79 Å². The average Bonchev–Trinajstić information content (AvgIpc) is 3.07. The lowest BCUT2D eigenvalue weighted by Crippen LogP contribution is -2.22. The zero-order valence-electron chi connectivity index (χ0n) is 12.0. The van der Waals surface area contributed by atoms with E-state index in [-0.39, 0.29) is 28.7 Å². The molecule has 1 amide bonds. The smallest absolute Gasteiger partial charge is 0.244 e. The Morgan fingerprint density at radius 2 is 2.24 bits per heavy atom. The summed E-state index contributed by atoms with van der Waals surface area (Å²) in [4.78, 5) is 12.2. The fourth-order valence-corrected chi connectivity index (χ4v) is 3.73. The van der Waals surface area contributed by atoms with Crippen LogP contribution in [0, 0.1) is 17.3 Å². The summed E-state index contributed by atoms with van der Waals surface area (Å²) in [5.74, 6) is 0.469. The number of phenolic OH excluding ortho intramolecular Hbond substituents is 2. The van der Waals surface area contributed by atoms with Crippen molar-refractivity contribution >= 4 is 12.1 Å². The van der Waals surface area contributed by atoms with Crippen molar-refractivity contribution in [2.45, 2.75) is 32.6 Å². The summed E-state index contributed by atoms with van der Waals surface area (Å²) < 4.78 is 0. The second-order valence-corrected chi connectivity index (χ2v) is 6.31. The van der Waals surface area contributed by atoms with Crippen molar-refractivity contribution < 1.29 is 15.0 Å². The second-order valence-electron chi connectivity index (χ2n) is 6.31. The van der Waals surface area contributed by atoms with Gasteiger partial charge in [0.05, 0.1) is 6.21 Å². The van der Waals surface area contributed by atoms with E-state index in [4.69, 9.17) is 0 Å². The number of phenols is 2. The molecule has 0 saturated heterocycles. The third kappa shape index (κ3) is 2.48. The van der Waals surface area contributed by atoms with Crippen LogP contribution in [-0.4, -0.2) is 22.3 Å². The van der Waals surface area contributed by atoms with E-state index in [0.29, 0.717) is 11.5 Å². The quantitative estimate of drug-likeness (QED) is 0.590. The molecular formula is C16H20N2O3. The molecule has 0 bridgehead atoms. The first-order valence-electron chi connectivity index (χ1n) is 7.37. The van der Waals surface area contributed by atoms with Gasteiger partial charge in [0.25, 0.3) is 0 Å². The predicted octanol–water partition coefficient (Wildman–Crippen LogP) is 2.37. The van der Waals surface area contributed by atoms with Gasteiger partial charge in [0, 0.05) is 17.5 Å². The van der Waals surface area contributed by atoms with E-state index in [1.165, 1.54) is 31.2 Å². The van der Waals surface area contributed by atoms with Crippen LogP contribution in [-0.2, 0) is 4.79 Å². The number of hydrogen-bond donors (Lipinski definition) is 3. The van der Waals surface area contributed by atoms with E-state index in [1.54, 1.807) is 6.07 Å². The summed E-state index contributed by atoms with van der Waals surface area (Å²) in [7, 11) is 0. The largest absolute Gasteiger partial charge is 0.508 e. The van der Waals surface area contributed by atoms with E-state index in [9.17, 15) is 15.0 Å². The molecule has 0 aromatic heterocycles. The number of amides is 1. The number of nitrogens with one attached hydrogen (secondary N) is 1. The molecule has 1 aromatic carbocycles. The summed E-state index contributed by atoms with van der Waals surface area (Å²) in [5.41, 5.74) is 3.19. The summed E-state index contributed by atoms with van der Waals surface area (Å²) in [6.07, 6.45) is 6.08. The lowest BCUT2D eigenvalue weighted by atomic mass is 9.90. The standard InChI is InChI=1S/C16H20N2O3/c1-16-7-3-2-4-12(16)14(16)15(21)18-17-9-10-5-6-11(19)8-13(10)20/h5-6,8-9,12,14,19-20H,2-4,7H2,1H3,(H,18,21). The molecular weight excluding hydrogens is 268 g/mol. The van der Waals surface area contributed by atoms with Crippen molar-refractivity contribution in [3.8, 4) is 11.5 Å². The Hall–Kier alpha value is -2.04. The van der Waals surface area contributed by atoms with Gasteiger partial charge in [-0.2, -0.15) is 5.10 Å². The topological polar surface area (TPSA) is 81.9 Å². The van der Waals surface area contributed by atoms with Crippen molar-refractivity contribution in [1.82, 2.24) is 5.43 Å². The maximum atomic E-state index is 12.2. The molecule has 2 aliphatic rings.